The molecule has 1 saturated carbocycles. The molecular formula is C30H36ClN3O7. The van der Waals surface area contributed by atoms with E-state index in [1.165, 1.54) is 4.90 Å². The average Bonchev–Trinajstić information content (AvgIpc) is 3.21. The van der Waals surface area contributed by atoms with Gasteiger partial charge in [-0.3, -0.25) is 4.79 Å². The highest BCUT2D eigenvalue weighted by atomic mass is 35.5. The molecule has 0 spiro atoms. The molecule has 0 saturated heterocycles. The SMILES string of the molecule is O=C[C@H](COC(=O)N1CCOc2ccccc2C1)NC(=O)[C@H](CC1CCCCC1)NC(=O)OCc1cccc(Cl)c1. The van der Waals surface area contributed by atoms with Crippen molar-refractivity contribution in [2.75, 3.05) is 19.8 Å². The summed E-state index contributed by atoms with van der Waals surface area (Å²) in [5.74, 6) is 0.428. The first-order valence-corrected chi connectivity index (χ1v) is 14.3. The molecule has 1 aliphatic heterocycles. The van der Waals surface area contributed by atoms with E-state index in [4.69, 9.17) is 25.8 Å². The second-order valence-corrected chi connectivity index (χ2v) is 10.8. The summed E-state index contributed by atoms with van der Waals surface area (Å²) in [4.78, 5) is 51.9. The van der Waals surface area contributed by atoms with Gasteiger partial charge in [0.1, 0.15) is 43.9 Å². The number of rotatable bonds is 10. The second-order valence-electron chi connectivity index (χ2n) is 10.3. The topological polar surface area (TPSA) is 123 Å². The van der Waals surface area contributed by atoms with E-state index in [0.717, 1.165) is 37.7 Å². The molecule has 1 heterocycles. The van der Waals surface area contributed by atoms with Crippen LogP contribution in [0, 0.1) is 5.92 Å². The van der Waals surface area contributed by atoms with Crippen molar-refractivity contribution >= 4 is 36.0 Å². The van der Waals surface area contributed by atoms with E-state index in [9.17, 15) is 19.2 Å². The zero-order valence-corrected chi connectivity index (χ0v) is 23.6. The molecule has 2 atom stereocenters. The number of amides is 3. The van der Waals surface area contributed by atoms with E-state index in [-0.39, 0.29) is 19.1 Å². The Morgan fingerprint density at radius 2 is 1.85 bits per heavy atom. The molecule has 10 nitrogen and oxygen atoms in total. The van der Waals surface area contributed by atoms with Gasteiger partial charge in [0.15, 0.2) is 0 Å². The molecule has 1 fully saturated rings. The number of ether oxygens (including phenoxy) is 3. The van der Waals surface area contributed by atoms with Crippen molar-refractivity contribution in [3.05, 3.63) is 64.7 Å². The third-order valence-electron chi connectivity index (χ3n) is 7.25. The monoisotopic (exact) mass is 585 g/mol. The predicted molar refractivity (Wildman–Crippen MR) is 151 cm³/mol. The lowest BCUT2D eigenvalue weighted by molar-refractivity contribution is -0.126. The molecule has 0 aromatic heterocycles. The molecule has 0 unspecified atom stereocenters. The molecule has 0 radical (unpaired) electrons. The zero-order chi connectivity index (χ0) is 29.0. The summed E-state index contributed by atoms with van der Waals surface area (Å²) in [6.45, 7) is 0.571. The molecule has 4 rings (SSSR count). The minimum Gasteiger partial charge on any atom is -0.491 e. The summed E-state index contributed by atoms with van der Waals surface area (Å²) in [6, 6.07) is 12.4. The van der Waals surface area contributed by atoms with Crippen molar-refractivity contribution in [3.63, 3.8) is 0 Å². The van der Waals surface area contributed by atoms with Gasteiger partial charge in [-0.25, -0.2) is 9.59 Å². The third kappa shape index (κ3) is 9.38. The number of carbonyl (C=O) groups is 4. The fourth-order valence-corrected chi connectivity index (χ4v) is 5.29. The number of fused-ring (bicyclic) bond motifs is 1. The molecular weight excluding hydrogens is 550 g/mol. The van der Waals surface area contributed by atoms with Crippen LogP contribution in [0.1, 0.15) is 49.7 Å². The van der Waals surface area contributed by atoms with Gasteiger partial charge < -0.3 is 34.5 Å². The first-order valence-electron chi connectivity index (χ1n) is 14.0. The summed E-state index contributed by atoms with van der Waals surface area (Å²) >= 11 is 6.00. The Bertz CT molecular complexity index is 1200. The van der Waals surface area contributed by atoms with Crippen LogP contribution < -0.4 is 15.4 Å². The largest absolute Gasteiger partial charge is 0.491 e. The lowest BCUT2D eigenvalue weighted by Gasteiger charge is -2.27. The second kappa shape index (κ2) is 15.3. The van der Waals surface area contributed by atoms with Gasteiger partial charge in [0.2, 0.25) is 5.91 Å². The van der Waals surface area contributed by atoms with Crippen molar-refractivity contribution in [1.82, 2.24) is 15.5 Å². The van der Waals surface area contributed by atoms with Crippen molar-refractivity contribution < 1.29 is 33.4 Å². The molecule has 2 N–H and O–H groups in total. The van der Waals surface area contributed by atoms with Crippen LogP contribution in [0.5, 0.6) is 5.75 Å². The van der Waals surface area contributed by atoms with Crippen LogP contribution in [-0.4, -0.2) is 61.1 Å². The normalized spacial score (nSPS) is 16.7. The van der Waals surface area contributed by atoms with Crippen LogP contribution in [0.15, 0.2) is 48.5 Å². The van der Waals surface area contributed by atoms with Gasteiger partial charge in [-0.05, 0) is 36.1 Å². The summed E-state index contributed by atoms with van der Waals surface area (Å²) in [7, 11) is 0. The minimum absolute atomic E-state index is 0.0108. The Kier molecular flexibility index (Phi) is 11.2. The number of hydrogen-bond donors (Lipinski definition) is 2. The molecule has 2 aliphatic rings. The van der Waals surface area contributed by atoms with E-state index in [1.807, 2.05) is 24.3 Å². The standard InChI is InChI=1S/C30H36ClN3O7/c31-24-11-6-9-22(15-24)19-40-29(37)33-26(16-21-7-2-1-3-8-21)28(36)32-25(18-35)20-41-30(38)34-13-14-39-27-12-5-4-10-23(27)17-34/h4-6,9-12,15,18,21,25-26H,1-3,7-8,13-14,16-17,19-20H2,(H,32,36)(H,33,37)/t25-,26+/m1/s1. The Morgan fingerprint density at radius 1 is 1.05 bits per heavy atom. The molecule has 41 heavy (non-hydrogen) atoms. The molecule has 220 valence electrons. The number of aldehydes is 1. The minimum atomic E-state index is -1.08. The van der Waals surface area contributed by atoms with Gasteiger partial charge in [-0.2, -0.15) is 0 Å². The number of carbonyl (C=O) groups excluding carboxylic acids is 4. The summed E-state index contributed by atoms with van der Waals surface area (Å²) in [5.41, 5.74) is 1.56. The van der Waals surface area contributed by atoms with Crippen LogP contribution in [0.3, 0.4) is 0 Å². The van der Waals surface area contributed by atoms with Crippen molar-refractivity contribution in [3.8, 4) is 5.75 Å². The van der Waals surface area contributed by atoms with Crippen LogP contribution in [0.4, 0.5) is 9.59 Å². The lowest BCUT2D eigenvalue weighted by Crippen LogP contribution is -2.52. The van der Waals surface area contributed by atoms with E-state index in [2.05, 4.69) is 10.6 Å². The average molecular weight is 586 g/mol. The number of hydrogen-bond acceptors (Lipinski definition) is 7. The first kappa shape index (κ1) is 30.2. The summed E-state index contributed by atoms with van der Waals surface area (Å²) in [6.07, 6.45) is 4.76. The number of alkyl carbamates (subject to hydrolysis) is 1. The highest BCUT2D eigenvalue weighted by molar-refractivity contribution is 6.30. The van der Waals surface area contributed by atoms with E-state index in [0.29, 0.717) is 48.7 Å². The number of nitrogens with zero attached hydrogens (tertiary/aromatic N) is 1. The molecule has 3 amide bonds. The number of nitrogens with one attached hydrogen (secondary N) is 2. The van der Waals surface area contributed by atoms with Crippen LogP contribution in [0.2, 0.25) is 5.02 Å². The molecule has 1 aliphatic carbocycles. The van der Waals surface area contributed by atoms with Gasteiger partial charge in [-0.15, -0.1) is 0 Å². The third-order valence-corrected chi connectivity index (χ3v) is 7.49. The van der Waals surface area contributed by atoms with E-state index < -0.39 is 30.2 Å². The van der Waals surface area contributed by atoms with Crippen molar-refractivity contribution in [2.45, 2.75) is 63.8 Å². The lowest BCUT2D eigenvalue weighted by atomic mass is 9.84. The maximum Gasteiger partial charge on any atom is 0.410 e. The van der Waals surface area contributed by atoms with Crippen molar-refractivity contribution in [1.29, 1.82) is 0 Å². The Hall–Kier alpha value is -3.79. The van der Waals surface area contributed by atoms with Crippen LogP contribution in [-0.2, 0) is 32.2 Å². The van der Waals surface area contributed by atoms with Crippen LogP contribution in [0.25, 0.3) is 0 Å². The smallest absolute Gasteiger partial charge is 0.410 e. The fraction of sp³-hybridized carbons (Fsp3) is 0.467. The first-order chi connectivity index (χ1) is 19.9. The number of benzene rings is 2. The fourth-order valence-electron chi connectivity index (χ4n) is 5.08. The van der Waals surface area contributed by atoms with Gasteiger partial charge in [0.25, 0.3) is 0 Å². The molecule has 0 bridgehead atoms. The van der Waals surface area contributed by atoms with Gasteiger partial charge in [-0.1, -0.05) is 74.0 Å². The summed E-state index contributed by atoms with van der Waals surface area (Å²) in [5, 5.41) is 5.80. The Balaban J connectivity index is 1.31. The van der Waals surface area contributed by atoms with E-state index in [1.54, 1.807) is 24.3 Å². The highest BCUT2D eigenvalue weighted by Crippen LogP contribution is 2.27. The molecule has 2 aromatic rings. The predicted octanol–water partition coefficient (Wildman–Crippen LogP) is 4.62. The van der Waals surface area contributed by atoms with Crippen molar-refractivity contribution in [2.24, 2.45) is 5.92 Å². The Morgan fingerprint density at radius 3 is 2.63 bits per heavy atom. The van der Waals surface area contributed by atoms with Crippen LogP contribution >= 0.6 is 11.6 Å². The molecule has 2 aromatic carbocycles. The van der Waals surface area contributed by atoms with E-state index >= 15 is 0 Å². The molecule has 11 heteroatoms. The number of halogens is 1. The van der Waals surface area contributed by atoms with Gasteiger partial charge >= 0.3 is 12.2 Å². The maximum absolute atomic E-state index is 13.2. The maximum atomic E-state index is 13.2. The van der Waals surface area contributed by atoms with Gasteiger partial charge in [0, 0.05) is 10.6 Å². The van der Waals surface area contributed by atoms with Gasteiger partial charge in [0.05, 0.1) is 13.1 Å². The Labute approximate surface area is 244 Å². The zero-order valence-electron chi connectivity index (χ0n) is 22.9. The quantitative estimate of drug-likeness (QED) is 0.390. The highest BCUT2D eigenvalue weighted by Gasteiger charge is 2.29. The number of para-hydroxylation sites is 1. The summed E-state index contributed by atoms with van der Waals surface area (Å²) < 4.78 is 16.4.